The van der Waals surface area contributed by atoms with Crippen LogP contribution in [-0.2, 0) is 0 Å². The maximum Gasteiger partial charge on any atom is 0.239 e. The van der Waals surface area contributed by atoms with E-state index >= 15 is 0 Å². The molecule has 1 saturated carbocycles. The molecular formula is C16H27N3O. The molecule has 4 nitrogen and oxygen atoms in total. The third-order valence-corrected chi connectivity index (χ3v) is 5.14. The number of nitrogen functional groups attached to an aromatic ring is 1. The van der Waals surface area contributed by atoms with Crippen LogP contribution in [0.4, 0.5) is 11.5 Å². The first-order valence-electron chi connectivity index (χ1n) is 7.44. The van der Waals surface area contributed by atoms with Crippen LogP contribution in [0.2, 0.25) is 0 Å². The summed E-state index contributed by atoms with van der Waals surface area (Å²) >= 11 is 0. The van der Waals surface area contributed by atoms with Gasteiger partial charge in [-0.25, -0.2) is 0 Å². The van der Waals surface area contributed by atoms with Crippen molar-refractivity contribution in [3.05, 3.63) is 12.1 Å². The molecule has 0 atom stereocenters. The maximum atomic E-state index is 5.87. The number of ether oxygens (including phenoxy) is 1. The van der Waals surface area contributed by atoms with Crippen LogP contribution in [0.25, 0.3) is 0 Å². The molecule has 20 heavy (non-hydrogen) atoms. The van der Waals surface area contributed by atoms with E-state index in [1.54, 1.807) is 0 Å². The van der Waals surface area contributed by atoms with Crippen molar-refractivity contribution in [2.24, 2.45) is 16.7 Å². The van der Waals surface area contributed by atoms with Gasteiger partial charge in [0.25, 0.3) is 0 Å². The van der Waals surface area contributed by atoms with Gasteiger partial charge >= 0.3 is 0 Å². The van der Waals surface area contributed by atoms with E-state index < -0.39 is 0 Å². The monoisotopic (exact) mass is 277 g/mol. The first-order chi connectivity index (χ1) is 9.30. The molecule has 0 saturated heterocycles. The van der Waals surface area contributed by atoms with Gasteiger partial charge in [0, 0.05) is 6.54 Å². The number of nitrogens with zero attached hydrogens (tertiary/aromatic N) is 1. The number of hydrogen-bond acceptors (Lipinski definition) is 4. The van der Waals surface area contributed by atoms with Gasteiger partial charge in [-0.2, -0.15) is 4.98 Å². The fourth-order valence-corrected chi connectivity index (χ4v) is 2.91. The molecule has 1 aromatic rings. The Morgan fingerprint density at radius 1 is 1.25 bits per heavy atom. The minimum absolute atomic E-state index is 0.384. The number of nitrogens with two attached hydrogens (primary N) is 1. The highest BCUT2D eigenvalue weighted by Crippen LogP contribution is 2.68. The van der Waals surface area contributed by atoms with Crippen LogP contribution >= 0.6 is 0 Å². The van der Waals surface area contributed by atoms with Crippen molar-refractivity contribution in [1.82, 2.24) is 4.98 Å². The largest absolute Gasteiger partial charge is 0.476 e. The summed E-state index contributed by atoms with van der Waals surface area (Å²) in [5, 5.41) is 3.42. The van der Waals surface area contributed by atoms with Crippen LogP contribution < -0.4 is 15.8 Å². The zero-order chi connectivity index (χ0) is 15.0. The van der Waals surface area contributed by atoms with Crippen molar-refractivity contribution in [3.63, 3.8) is 0 Å². The molecule has 0 amide bonds. The van der Waals surface area contributed by atoms with E-state index in [2.05, 4.69) is 44.9 Å². The second-order valence-electron chi connectivity index (χ2n) is 6.82. The molecule has 0 bridgehead atoms. The number of hydrogen-bond donors (Lipinski definition) is 2. The van der Waals surface area contributed by atoms with Gasteiger partial charge in [-0.1, -0.05) is 34.6 Å². The van der Waals surface area contributed by atoms with Gasteiger partial charge < -0.3 is 15.8 Å². The van der Waals surface area contributed by atoms with E-state index in [1.807, 2.05) is 12.1 Å². The minimum Gasteiger partial charge on any atom is -0.476 e. The van der Waals surface area contributed by atoms with Gasteiger partial charge in [-0.3, -0.25) is 0 Å². The van der Waals surface area contributed by atoms with E-state index in [-0.39, 0.29) is 0 Å². The van der Waals surface area contributed by atoms with Crippen LogP contribution in [0.3, 0.4) is 0 Å². The molecule has 0 radical (unpaired) electrons. The lowest BCUT2D eigenvalue weighted by molar-refractivity contribution is 0.307. The van der Waals surface area contributed by atoms with Crippen molar-refractivity contribution in [1.29, 1.82) is 0 Å². The highest BCUT2D eigenvalue weighted by molar-refractivity contribution is 5.53. The molecule has 1 aromatic heterocycles. The number of aromatic nitrogens is 1. The molecule has 0 aliphatic heterocycles. The number of pyridine rings is 1. The average Bonchev–Trinajstić information content (AvgIpc) is 2.77. The van der Waals surface area contributed by atoms with Gasteiger partial charge in [0.15, 0.2) is 0 Å². The lowest BCUT2D eigenvalue weighted by Crippen LogP contribution is -2.10. The molecule has 4 heteroatoms. The Kier molecular flexibility index (Phi) is 3.85. The predicted octanol–water partition coefficient (Wildman–Crippen LogP) is 3.55. The summed E-state index contributed by atoms with van der Waals surface area (Å²) in [4.78, 5) is 4.45. The smallest absolute Gasteiger partial charge is 0.239 e. The van der Waals surface area contributed by atoms with Crippen LogP contribution in [0.1, 0.15) is 41.0 Å². The van der Waals surface area contributed by atoms with E-state index in [1.165, 1.54) is 0 Å². The first-order valence-corrected chi connectivity index (χ1v) is 7.44. The minimum atomic E-state index is 0.384. The SMILES string of the molecule is CCCOc1nc(NCC2C(C)(C)C2(C)C)ccc1N. The fourth-order valence-electron chi connectivity index (χ4n) is 2.91. The summed E-state index contributed by atoms with van der Waals surface area (Å²) in [5.41, 5.74) is 7.23. The summed E-state index contributed by atoms with van der Waals surface area (Å²) < 4.78 is 5.55. The normalized spacial score (nSPS) is 19.6. The van der Waals surface area contributed by atoms with Crippen molar-refractivity contribution in [2.75, 3.05) is 24.2 Å². The molecule has 2 rings (SSSR count). The molecular weight excluding hydrogens is 250 g/mol. The van der Waals surface area contributed by atoms with Crippen LogP contribution in [-0.4, -0.2) is 18.1 Å². The Morgan fingerprint density at radius 2 is 1.90 bits per heavy atom. The summed E-state index contributed by atoms with van der Waals surface area (Å²) in [6.45, 7) is 12.9. The number of nitrogens with one attached hydrogen (secondary N) is 1. The summed E-state index contributed by atoms with van der Waals surface area (Å²) in [6, 6.07) is 3.76. The van der Waals surface area contributed by atoms with E-state index in [0.29, 0.717) is 34.9 Å². The molecule has 1 aliphatic carbocycles. The van der Waals surface area contributed by atoms with Crippen molar-refractivity contribution >= 4 is 11.5 Å². The zero-order valence-electron chi connectivity index (χ0n) is 13.3. The van der Waals surface area contributed by atoms with Crippen molar-refractivity contribution in [2.45, 2.75) is 41.0 Å². The second kappa shape index (κ2) is 5.15. The van der Waals surface area contributed by atoms with Gasteiger partial charge in [0.05, 0.1) is 12.3 Å². The Labute approximate surface area is 122 Å². The molecule has 0 unspecified atom stereocenters. The van der Waals surface area contributed by atoms with Crippen LogP contribution in [0.5, 0.6) is 5.88 Å². The first kappa shape index (κ1) is 14.9. The van der Waals surface area contributed by atoms with Gasteiger partial charge in [0.1, 0.15) is 5.82 Å². The maximum absolute atomic E-state index is 5.87. The van der Waals surface area contributed by atoms with Gasteiger partial charge in [-0.05, 0) is 35.3 Å². The van der Waals surface area contributed by atoms with Gasteiger partial charge in [-0.15, -0.1) is 0 Å². The van der Waals surface area contributed by atoms with Crippen LogP contribution in [0.15, 0.2) is 12.1 Å². The third-order valence-electron chi connectivity index (χ3n) is 5.14. The van der Waals surface area contributed by atoms with Gasteiger partial charge in [0.2, 0.25) is 5.88 Å². The highest BCUT2D eigenvalue weighted by Gasteiger charge is 2.64. The zero-order valence-corrected chi connectivity index (χ0v) is 13.3. The molecule has 0 spiro atoms. The van der Waals surface area contributed by atoms with Crippen molar-refractivity contribution < 1.29 is 4.74 Å². The Hall–Kier alpha value is -1.45. The molecule has 0 aromatic carbocycles. The molecule has 1 heterocycles. The lowest BCUT2D eigenvalue weighted by atomic mass is 10.0. The van der Waals surface area contributed by atoms with E-state index in [0.717, 1.165) is 18.8 Å². The highest BCUT2D eigenvalue weighted by atomic mass is 16.5. The third kappa shape index (κ3) is 2.56. The average molecular weight is 277 g/mol. The second-order valence-corrected chi connectivity index (χ2v) is 6.82. The Bertz CT molecular complexity index is 469. The molecule has 1 aliphatic rings. The van der Waals surface area contributed by atoms with E-state index in [4.69, 9.17) is 10.5 Å². The predicted molar refractivity (Wildman–Crippen MR) is 84.0 cm³/mol. The topological polar surface area (TPSA) is 60.2 Å². The summed E-state index contributed by atoms with van der Waals surface area (Å²) in [6.07, 6.45) is 0.948. The summed E-state index contributed by atoms with van der Waals surface area (Å²) in [7, 11) is 0. The Balaban J connectivity index is 1.97. The standard InChI is InChI=1S/C16H27N3O/c1-6-9-20-14-11(17)7-8-13(19-14)18-10-12-15(2,3)16(12,4)5/h7-8,12H,6,9-10,17H2,1-5H3,(H,18,19). The lowest BCUT2D eigenvalue weighted by Gasteiger charge is -2.11. The number of rotatable bonds is 6. The number of anilines is 2. The quantitative estimate of drug-likeness (QED) is 0.835. The summed E-state index contributed by atoms with van der Waals surface area (Å²) in [5.74, 6) is 2.03. The molecule has 3 N–H and O–H groups in total. The van der Waals surface area contributed by atoms with Crippen LogP contribution in [0, 0.1) is 16.7 Å². The molecule has 1 fully saturated rings. The van der Waals surface area contributed by atoms with E-state index in [9.17, 15) is 0 Å². The fraction of sp³-hybridized carbons (Fsp3) is 0.688. The molecule has 112 valence electrons. The Morgan fingerprint density at radius 3 is 2.45 bits per heavy atom. The van der Waals surface area contributed by atoms with Crippen molar-refractivity contribution in [3.8, 4) is 5.88 Å².